The van der Waals surface area contributed by atoms with Crippen LogP contribution in [-0.4, -0.2) is 20.9 Å². The van der Waals surface area contributed by atoms with Gasteiger partial charge in [0.15, 0.2) is 0 Å². The van der Waals surface area contributed by atoms with Gasteiger partial charge < -0.3 is 5.32 Å². The third-order valence-corrected chi connectivity index (χ3v) is 4.79. The second-order valence-electron chi connectivity index (χ2n) is 5.03. The molecule has 0 saturated heterocycles. The minimum atomic E-state index is -4.70. The first kappa shape index (κ1) is 20.1. The molecule has 1 amide bonds. The first-order valence-electron chi connectivity index (χ1n) is 6.91. The summed E-state index contributed by atoms with van der Waals surface area (Å²) in [5, 5.41) is 2.03. The Hall–Kier alpha value is -2.17. The van der Waals surface area contributed by atoms with Crippen molar-refractivity contribution < 1.29 is 30.8 Å². The monoisotopic (exact) mass is 410 g/mol. The first-order chi connectivity index (χ1) is 12.0. The lowest BCUT2D eigenvalue weighted by atomic mass is 10.2. The van der Waals surface area contributed by atoms with Gasteiger partial charge in [-0.3, -0.25) is 4.79 Å². The first-order valence-corrected chi connectivity index (χ1v) is 8.77. The zero-order chi connectivity index (χ0) is 19.5. The van der Waals surface area contributed by atoms with Crippen LogP contribution in [0.5, 0.6) is 0 Å². The molecular formula is C15H11ClF4N2O3S. The summed E-state index contributed by atoms with van der Waals surface area (Å²) >= 11 is 5.55. The van der Waals surface area contributed by atoms with E-state index in [2.05, 4.69) is 5.32 Å². The molecule has 0 heterocycles. The Morgan fingerprint density at radius 3 is 2.42 bits per heavy atom. The Balaban J connectivity index is 2.05. The summed E-state index contributed by atoms with van der Waals surface area (Å²) in [6.07, 6.45) is -4.70. The average molecular weight is 411 g/mol. The molecule has 2 N–H and O–H groups in total. The Bertz CT molecular complexity index is 933. The number of halogens is 5. The maximum atomic E-state index is 13.0. The van der Waals surface area contributed by atoms with E-state index in [1.165, 1.54) is 6.07 Å². The lowest BCUT2D eigenvalue weighted by molar-refractivity contribution is -0.137. The topological polar surface area (TPSA) is 75.3 Å². The van der Waals surface area contributed by atoms with E-state index in [1.54, 1.807) is 0 Å². The molecule has 140 valence electrons. The van der Waals surface area contributed by atoms with Crippen LogP contribution in [0.1, 0.15) is 5.56 Å². The third kappa shape index (κ3) is 5.16. The van der Waals surface area contributed by atoms with Gasteiger partial charge in [0.1, 0.15) is 5.82 Å². The third-order valence-electron chi connectivity index (χ3n) is 3.10. The molecule has 2 aromatic rings. The number of carbonyl (C=O) groups excluding carboxylic acids is 1. The van der Waals surface area contributed by atoms with E-state index >= 15 is 0 Å². The van der Waals surface area contributed by atoms with Crippen molar-refractivity contribution in [2.45, 2.75) is 11.1 Å². The SMILES string of the molecule is O=C(CNS(=O)(=O)c1cccc(C(F)(F)F)c1)Nc1ccc(F)c(Cl)c1. The van der Waals surface area contributed by atoms with E-state index < -0.39 is 44.9 Å². The van der Waals surface area contributed by atoms with Crippen molar-refractivity contribution in [1.29, 1.82) is 0 Å². The van der Waals surface area contributed by atoms with Gasteiger partial charge in [-0.1, -0.05) is 17.7 Å². The van der Waals surface area contributed by atoms with E-state index in [1.807, 2.05) is 4.72 Å². The van der Waals surface area contributed by atoms with E-state index in [0.717, 1.165) is 30.3 Å². The number of amides is 1. The van der Waals surface area contributed by atoms with Crippen molar-refractivity contribution >= 4 is 33.2 Å². The Morgan fingerprint density at radius 2 is 1.81 bits per heavy atom. The predicted molar refractivity (Wildman–Crippen MR) is 86.7 cm³/mol. The molecule has 26 heavy (non-hydrogen) atoms. The van der Waals surface area contributed by atoms with Gasteiger partial charge in [-0.25, -0.2) is 17.5 Å². The van der Waals surface area contributed by atoms with Crippen molar-refractivity contribution in [2.24, 2.45) is 0 Å². The molecule has 0 aliphatic carbocycles. The fraction of sp³-hybridized carbons (Fsp3) is 0.133. The van der Waals surface area contributed by atoms with Crippen LogP contribution in [-0.2, 0) is 21.0 Å². The van der Waals surface area contributed by atoms with Crippen LogP contribution in [0.3, 0.4) is 0 Å². The molecule has 0 atom stereocenters. The molecule has 0 radical (unpaired) electrons. The zero-order valence-corrected chi connectivity index (χ0v) is 14.3. The number of alkyl halides is 3. The minimum Gasteiger partial charge on any atom is -0.325 e. The normalized spacial score (nSPS) is 12.0. The van der Waals surface area contributed by atoms with E-state index in [4.69, 9.17) is 11.6 Å². The van der Waals surface area contributed by atoms with Crippen molar-refractivity contribution in [2.75, 3.05) is 11.9 Å². The largest absolute Gasteiger partial charge is 0.416 e. The van der Waals surface area contributed by atoms with Crippen LogP contribution >= 0.6 is 11.6 Å². The smallest absolute Gasteiger partial charge is 0.325 e. The van der Waals surface area contributed by atoms with Crippen LogP contribution in [0, 0.1) is 5.82 Å². The summed E-state index contributed by atoms with van der Waals surface area (Å²) in [5.74, 6) is -1.52. The standard InChI is InChI=1S/C15H11ClF4N2O3S/c16-12-7-10(4-5-13(12)17)22-14(23)8-21-26(24,25)11-3-1-2-9(6-11)15(18,19)20/h1-7,21H,8H2,(H,22,23). The molecule has 0 fully saturated rings. The minimum absolute atomic E-state index is 0.125. The van der Waals surface area contributed by atoms with Gasteiger partial charge in [0.2, 0.25) is 15.9 Å². The average Bonchev–Trinajstić information content (AvgIpc) is 2.56. The van der Waals surface area contributed by atoms with Gasteiger partial charge >= 0.3 is 6.18 Å². The van der Waals surface area contributed by atoms with Gasteiger partial charge in [0.25, 0.3) is 0 Å². The highest BCUT2D eigenvalue weighted by Gasteiger charge is 2.31. The van der Waals surface area contributed by atoms with Gasteiger partial charge in [0, 0.05) is 5.69 Å². The maximum absolute atomic E-state index is 13.0. The van der Waals surface area contributed by atoms with Crippen LogP contribution in [0.15, 0.2) is 47.4 Å². The molecule has 0 unspecified atom stereocenters. The number of carbonyl (C=O) groups is 1. The van der Waals surface area contributed by atoms with Crippen LogP contribution in [0.2, 0.25) is 5.02 Å². The van der Waals surface area contributed by atoms with Gasteiger partial charge in [-0.2, -0.15) is 13.2 Å². The van der Waals surface area contributed by atoms with Crippen LogP contribution in [0.25, 0.3) is 0 Å². The summed E-state index contributed by atoms with van der Waals surface area (Å²) in [4.78, 5) is 11.1. The number of nitrogens with one attached hydrogen (secondary N) is 2. The zero-order valence-electron chi connectivity index (χ0n) is 12.8. The fourth-order valence-corrected chi connectivity index (χ4v) is 3.07. The van der Waals surface area contributed by atoms with Crippen molar-refractivity contribution in [1.82, 2.24) is 4.72 Å². The molecule has 0 aromatic heterocycles. The number of hydrogen-bond donors (Lipinski definition) is 2. The summed E-state index contributed by atoms with van der Waals surface area (Å²) in [5.41, 5.74) is -1.01. The summed E-state index contributed by atoms with van der Waals surface area (Å²) in [7, 11) is -4.34. The maximum Gasteiger partial charge on any atom is 0.416 e. The van der Waals surface area contributed by atoms with E-state index in [-0.39, 0.29) is 10.7 Å². The van der Waals surface area contributed by atoms with Gasteiger partial charge in [0.05, 0.1) is 22.0 Å². The molecule has 0 aliphatic rings. The fourth-order valence-electron chi connectivity index (χ4n) is 1.86. The Morgan fingerprint density at radius 1 is 1.12 bits per heavy atom. The number of hydrogen-bond acceptors (Lipinski definition) is 3. The van der Waals surface area contributed by atoms with Crippen LogP contribution in [0.4, 0.5) is 23.2 Å². The second-order valence-corrected chi connectivity index (χ2v) is 7.20. The lowest BCUT2D eigenvalue weighted by Crippen LogP contribution is -2.33. The summed E-state index contributed by atoms with van der Waals surface area (Å²) < 4.78 is 77.0. The van der Waals surface area contributed by atoms with Gasteiger partial charge in [-0.15, -0.1) is 0 Å². The van der Waals surface area contributed by atoms with E-state index in [9.17, 15) is 30.8 Å². The molecule has 0 aliphatic heterocycles. The summed E-state index contributed by atoms with van der Waals surface area (Å²) in [6, 6.07) is 6.43. The van der Waals surface area contributed by atoms with Crippen molar-refractivity contribution in [3.63, 3.8) is 0 Å². The molecule has 11 heteroatoms. The molecule has 0 spiro atoms. The molecular weight excluding hydrogens is 400 g/mol. The van der Waals surface area contributed by atoms with E-state index in [0.29, 0.717) is 6.07 Å². The number of anilines is 1. The van der Waals surface area contributed by atoms with Crippen molar-refractivity contribution in [3.05, 3.63) is 58.9 Å². The van der Waals surface area contributed by atoms with Crippen molar-refractivity contribution in [3.8, 4) is 0 Å². The molecule has 0 bridgehead atoms. The second kappa shape index (κ2) is 7.60. The highest BCUT2D eigenvalue weighted by atomic mass is 35.5. The molecule has 0 saturated carbocycles. The van der Waals surface area contributed by atoms with Crippen LogP contribution < -0.4 is 10.0 Å². The highest BCUT2D eigenvalue weighted by Crippen LogP contribution is 2.30. The molecule has 5 nitrogen and oxygen atoms in total. The molecule has 2 aromatic carbocycles. The number of rotatable bonds is 5. The number of sulfonamides is 1. The lowest BCUT2D eigenvalue weighted by Gasteiger charge is -2.11. The Kier molecular flexibility index (Phi) is 5.89. The van der Waals surface area contributed by atoms with Gasteiger partial charge in [-0.05, 0) is 36.4 Å². The summed E-state index contributed by atoms with van der Waals surface area (Å²) in [6.45, 7) is -0.742. The predicted octanol–water partition coefficient (Wildman–Crippen LogP) is 3.41. The number of benzene rings is 2. The highest BCUT2D eigenvalue weighted by molar-refractivity contribution is 7.89. The molecule has 2 rings (SSSR count). The Labute approximate surface area is 151 Å². The quantitative estimate of drug-likeness (QED) is 0.742.